The third-order valence-electron chi connectivity index (χ3n) is 6.22. The fraction of sp³-hybridized carbons (Fsp3) is 0. The van der Waals surface area contributed by atoms with Crippen LogP contribution in [-0.4, -0.2) is 11.6 Å². The lowest BCUT2D eigenvalue weighted by atomic mass is 9.92. The van der Waals surface area contributed by atoms with Gasteiger partial charge in [-0.05, 0) is 72.8 Å². The number of carbonyl (C=O) groups excluding carboxylic acids is 2. The molecule has 5 aromatic carbocycles. The normalized spacial score (nSPS) is 13.0. The molecule has 0 radical (unpaired) electrons. The second-order valence-electron chi connectivity index (χ2n) is 9.13. The molecule has 0 amide bonds. The number of hydrogen-bond donors (Lipinski definition) is 0. The Morgan fingerprint density at radius 1 is 0.357 bits per heavy atom. The minimum atomic E-state index is -0.457. The highest BCUT2D eigenvalue weighted by molar-refractivity contribution is 6.25. The summed E-state index contributed by atoms with van der Waals surface area (Å²) in [5.41, 5.74) is 3.13. The van der Waals surface area contributed by atoms with Crippen LogP contribution in [0.15, 0.2) is 165 Å². The van der Waals surface area contributed by atoms with E-state index in [2.05, 4.69) is 20.5 Å². The first-order valence-electron chi connectivity index (χ1n) is 13.1. The molecular formula is C34H22N4O4. The Kier molecular flexibility index (Phi) is 7.50. The molecule has 0 aromatic heterocycles. The molecule has 0 bridgehead atoms. The third-order valence-corrected chi connectivity index (χ3v) is 6.22. The molecule has 1 aliphatic rings. The number of ketones is 2. The molecule has 0 saturated carbocycles. The van der Waals surface area contributed by atoms with E-state index in [1.54, 1.807) is 72.8 Å². The van der Waals surface area contributed by atoms with Gasteiger partial charge in [-0.2, -0.15) is 20.5 Å². The number of nitrogens with zero attached hydrogens (tertiary/aromatic N) is 4. The molecule has 8 nitrogen and oxygen atoms in total. The predicted molar refractivity (Wildman–Crippen MR) is 158 cm³/mol. The van der Waals surface area contributed by atoms with E-state index in [0.717, 1.165) is 11.4 Å². The van der Waals surface area contributed by atoms with Gasteiger partial charge in [-0.25, -0.2) is 0 Å². The van der Waals surface area contributed by atoms with Crippen LogP contribution in [0.4, 0.5) is 22.7 Å². The SMILES string of the molecule is O=C1C(Oc2ccc(N=Nc3ccccc3)cc2)=C(Oc2ccc(N=Nc3ccccc3)cc2)C(=O)c2ccccc21. The zero-order valence-electron chi connectivity index (χ0n) is 22.1. The van der Waals surface area contributed by atoms with Crippen molar-refractivity contribution in [2.24, 2.45) is 20.5 Å². The number of Topliss-reactive ketones (excluding diaryl/α,β-unsaturated/α-hetero) is 2. The predicted octanol–water partition coefficient (Wildman–Crippen LogP) is 9.27. The number of carbonyl (C=O) groups is 2. The van der Waals surface area contributed by atoms with Gasteiger partial charge in [0, 0.05) is 11.1 Å². The Bertz CT molecular complexity index is 1700. The molecule has 0 spiro atoms. The number of fused-ring (bicyclic) bond motifs is 1. The molecule has 0 saturated heterocycles. The lowest BCUT2D eigenvalue weighted by molar-refractivity contribution is 0.0897. The van der Waals surface area contributed by atoms with Gasteiger partial charge in [0.15, 0.2) is 0 Å². The maximum absolute atomic E-state index is 13.5. The molecule has 0 heterocycles. The van der Waals surface area contributed by atoms with Crippen molar-refractivity contribution in [1.29, 1.82) is 0 Å². The zero-order valence-corrected chi connectivity index (χ0v) is 22.1. The number of hydrogen-bond acceptors (Lipinski definition) is 8. The maximum Gasteiger partial charge on any atom is 0.233 e. The second kappa shape index (κ2) is 12.0. The summed E-state index contributed by atoms with van der Waals surface area (Å²) >= 11 is 0. The summed E-state index contributed by atoms with van der Waals surface area (Å²) in [5.74, 6) is -0.651. The topological polar surface area (TPSA) is 102 Å². The van der Waals surface area contributed by atoms with Crippen LogP contribution in [0, 0.1) is 0 Å². The van der Waals surface area contributed by atoms with Crippen molar-refractivity contribution in [3.63, 3.8) is 0 Å². The van der Waals surface area contributed by atoms with E-state index in [-0.39, 0.29) is 22.6 Å². The Morgan fingerprint density at radius 3 is 1.02 bits per heavy atom. The Balaban J connectivity index is 1.26. The van der Waals surface area contributed by atoms with Crippen molar-refractivity contribution in [3.8, 4) is 11.5 Å². The van der Waals surface area contributed by atoms with Gasteiger partial charge in [0.1, 0.15) is 11.5 Å². The molecule has 0 aliphatic heterocycles. The average Bonchev–Trinajstić information content (AvgIpc) is 3.05. The second-order valence-corrected chi connectivity index (χ2v) is 9.13. The minimum absolute atomic E-state index is 0.204. The van der Waals surface area contributed by atoms with Crippen LogP contribution in [-0.2, 0) is 0 Å². The van der Waals surface area contributed by atoms with E-state index in [1.807, 2.05) is 60.7 Å². The van der Waals surface area contributed by atoms with Gasteiger partial charge in [-0.15, -0.1) is 0 Å². The maximum atomic E-state index is 13.5. The van der Waals surface area contributed by atoms with E-state index in [4.69, 9.17) is 9.47 Å². The van der Waals surface area contributed by atoms with Crippen LogP contribution in [0.3, 0.4) is 0 Å². The summed E-state index contributed by atoms with van der Waals surface area (Å²) in [7, 11) is 0. The quantitative estimate of drug-likeness (QED) is 0.180. The molecule has 1 aliphatic carbocycles. The van der Waals surface area contributed by atoms with Gasteiger partial charge in [0.05, 0.1) is 22.7 Å². The molecule has 6 rings (SSSR count). The Hall–Kier alpha value is -6.02. The third kappa shape index (κ3) is 5.93. The van der Waals surface area contributed by atoms with Crippen molar-refractivity contribution in [2.75, 3.05) is 0 Å². The van der Waals surface area contributed by atoms with E-state index >= 15 is 0 Å². The number of ether oxygens (including phenoxy) is 2. The molecular weight excluding hydrogens is 528 g/mol. The highest BCUT2D eigenvalue weighted by Crippen LogP contribution is 2.32. The standard InChI is InChI=1S/C34H22N4O4/c39-31-29-13-7-8-14-30(29)32(40)34(42-28-21-17-26(18-22-28)38-36-24-11-5-2-6-12-24)33(31)41-27-19-15-25(16-20-27)37-35-23-9-3-1-4-10-23/h1-22H. The number of azo groups is 2. The van der Waals surface area contributed by atoms with Crippen molar-refractivity contribution < 1.29 is 19.1 Å². The molecule has 5 aromatic rings. The minimum Gasteiger partial charge on any atom is -0.449 e. The molecule has 0 N–H and O–H groups in total. The highest BCUT2D eigenvalue weighted by Gasteiger charge is 2.36. The van der Waals surface area contributed by atoms with Crippen molar-refractivity contribution >= 4 is 34.3 Å². The van der Waals surface area contributed by atoms with Crippen molar-refractivity contribution in [1.82, 2.24) is 0 Å². The fourth-order valence-electron chi connectivity index (χ4n) is 4.13. The molecule has 202 valence electrons. The summed E-state index contributed by atoms with van der Waals surface area (Å²) in [6.07, 6.45) is 0. The first-order chi connectivity index (χ1) is 20.6. The monoisotopic (exact) mass is 550 g/mol. The molecule has 0 atom stereocenters. The fourth-order valence-corrected chi connectivity index (χ4v) is 4.13. The number of benzene rings is 5. The largest absolute Gasteiger partial charge is 0.449 e. The summed E-state index contributed by atoms with van der Waals surface area (Å²) in [5, 5.41) is 16.9. The van der Waals surface area contributed by atoms with E-state index in [1.165, 1.54) is 0 Å². The molecule has 0 unspecified atom stereocenters. The van der Waals surface area contributed by atoms with Gasteiger partial charge >= 0.3 is 0 Å². The Labute approximate surface area is 241 Å². The average molecular weight is 551 g/mol. The summed E-state index contributed by atoms with van der Waals surface area (Å²) in [4.78, 5) is 27.0. The van der Waals surface area contributed by atoms with Crippen molar-refractivity contribution in [2.45, 2.75) is 0 Å². The van der Waals surface area contributed by atoms with Crippen LogP contribution in [0.2, 0.25) is 0 Å². The van der Waals surface area contributed by atoms with Crippen LogP contribution in [0.25, 0.3) is 0 Å². The first kappa shape index (κ1) is 26.2. The van der Waals surface area contributed by atoms with E-state index < -0.39 is 11.6 Å². The molecule has 8 heteroatoms. The van der Waals surface area contributed by atoms with Crippen LogP contribution >= 0.6 is 0 Å². The van der Waals surface area contributed by atoms with Gasteiger partial charge in [0.2, 0.25) is 23.1 Å². The zero-order chi connectivity index (χ0) is 28.7. The summed E-state index contributed by atoms with van der Waals surface area (Å²) in [6, 6.07) is 38.7. The van der Waals surface area contributed by atoms with Gasteiger partial charge in [0.25, 0.3) is 0 Å². The first-order valence-corrected chi connectivity index (χ1v) is 13.1. The van der Waals surface area contributed by atoms with E-state index in [0.29, 0.717) is 22.9 Å². The van der Waals surface area contributed by atoms with Crippen LogP contribution < -0.4 is 9.47 Å². The molecule has 0 fully saturated rings. The number of allylic oxidation sites excluding steroid dienone is 2. The van der Waals surface area contributed by atoms with Gasteiger partial charge in [-0.3, -0.25) is 9.59 Å². The smallest absolute Gasteiger partial charge is 0.233 e. The van der Waals surface area contributed by atoms with Crippen LogP contribution in [0.5, 0.6) is 11.5 Å². The Morgan fingerprint density at radius 2 is 0.667 bits per heavy atom. The highest BCUT2D eigenvalue weighted by atomic mass is 16.5. The van der Waals surface area contributed by atoms with Gasteiger partial charge < -0.3 is 9.47 Å². The summed E-state index contributed by atoms with van der Waals surface area (Å²) < 4.78 is 12.0. The number of rotatable bonds is 8. The van der Waals surface area contributed by atoms with Crippen molar-refractivity contribution in [3.05, 3.63) is 156 Å². The lowest BCUT2D eigenvalue weighted by Gasteiger charge is -2.21. The van der Waals surface area contributed by atoms with Gasteiger partial charge in [-0.1, -0.05) is 60.7 Å². The van der Waals surface area contributed by atoms with Crippen LogP contribution in [0.1, 0.15) is 20.7 Å². The lowest BCUT2D eigenvalue weighted by Crippen LogP contribution is -2.27. The van der Waals surface area contributed by atoms with E-state index in [9.17, 15) is 9.59 Å². The molecule has 42 heavy (non-hydrogen) atoms. The summed E-state index contributed by atoms with van der Waals surface area (Å²) in [6.45, 7) is 0.